The number of aromatic nitrogens is 5. The van der Waals surface area contributed by atoms with Gasteiger partial charge in [0.1, 0.15) is 17.7 Å². The van der Waals surface area contributed by atoms with Crippen LogP contribution in [0.2, 0.25) is 10.0 Å². The first-order valence-corrected chi connectivity index (χ1v) is 10.4. The Morgan fingerprint density at radius 2 is 1.91 bits per heavy atom. The molecule has 0 fully saturated rings. The number of anilines is 1. The molecule has 10 heteroatoms. The molecule has 0 aliphatic heterocycles. The highest BCUT2D eigenvalue weighted by atomic mass is 35.5. The lowest BCUT2D eigenvalue weighted by Crippen LogP contribution is -2.25. The van der Waals surface area contributed by atoms with E-state index in [4.69, 9.17) is 23.2 Å². The Bertz CT molecular complexity index is 1550. The van der Waals surface area contributed by atoms with Gasteiger partial charge in [-0.1, -0.05) is 29.3 Å². The summed E-state index contributed by atoms with van der Waals surface area (Å²) in [5.74, 6) is 0.0206. The van der Waals surface area contributed by atoms with Crippen molar-refractivity contribution >= 4 is 51.0 Å². The summed E-state index contributed by atoms with van der Waals surface area (Å²) in [5, 5.41) is 4.84. The van der Waals surface area contributed by atoms with Gasteiger partial charge in [-0.05, 0) is 48.7 Å². The van der Waals surface area contributed by atoms with Crippen molar-refractivity contribution < 1.29 is 4.39 Å². The zero-order valence-electron chi connectivity index (χ0n) is 16.6. The largest absolute Gasteiger partial charge is 0.360 e. The first-order valence-electron chi connectivity index (χ1n) is 9.63. The summed E-state index contributed by atoms with van der Waals surface area (Å²) in [6.45, 7) is 1.89. The minimum absolute atomic E-state index is 0.253. The maximum absolute atomic E-state index is 13.9. The summed E-state index contributed by atoms with van der Waals surface area (Å²) in [6.07, 6.45) is 2.95. The molecule has 1 atom stereocenters. The molecule has 0 radical (unpaired) electrons. The number of nitrogens with one attached hydrogen (secondary N) is 2. The van der Waals surface area contributed by atoms with Gasteiger partial charge >= 0.3 is 0 Å². The van der Waals surface area contributed by atoms with E-state index in [1.54, 1.807) is 24.3 Å². The Kier molecular flexibility index (Phi) is 5.03. The first-order chi connectivity index (χ1) is 15.4. The molecule has 32 heavy (non-hydrogen) atoms. The molecule has 5 aromatic rings. The average Bonchev–Trinajstić information content (AvgIpc) is 3.26. The van der Waals surface area contributed by atoms with Crippen LogP contribution in [0.25, 0.3) is 27.6 Å². The Labute approximate surface area is 190 Å². The number of pyridine rings is 1. The zero-order chi connectivity index (χ0) is 22.4. The predicted molar refractivity (Wildman–Crippen MR) is 123 cm³/mol. The Hall–Kier alpha value is -3.49. The van der Waals surface area contributed by atoms with Crippen LogP contribution in [-0.2, 0) is 0 Å². The Balaban J connectivity index is 1.71. The third kappa shape index (κ3) is 3.47. The second-order valence-electron chi connectivity index (χ2n) is 7.23. The highest BCUT2D eigenvalue weighted by Gasteiger charge is 2.19. The molecule has 0 spiro atoms. The van der Waals surface area contributed by atoms with Gasteiger partial charge in [0.15, 0.2) is 11.5 Å². The molecule has 0 aliphatic rings. The van der Waals surface area contributed by atoms with Crippen molar-refractivity contribution in [3.05, 3.63) is 87.0 Å². The minimum atomic E-state index is -0.490. The fourth-order valence-electron chi connectivity index (χ4n) is 3.66. The molecule has 0 saturated heterocycles. The van der Waals surface area contributed by atoms with Crippen LogP contribution >= 0.6 is 23.2 Å². The van der Waals surface area contributed by atoms with Crippen LogP contribution in [0.4, 0.5) is 10.2 Å². The van der Waals surface area contributed by atoms with Gasteiger partial charge in [0.05, 0.1) is 33.5 Å². The quantitative estimate of drug-likeness (QED) is 0.374. The van der Waals surface area contributed by atoms with Gasteiger partial charge in [-0.3, -0.25) is 9.36 Å². The van der Waals surface area contributed by atoms with Crippen molar-refractivity contribution in [1.29, 1.82) is 0 Å². The van der Waals surface area contributed by atoms with E-state index >= 15 is 0 Å². The molecule has 3 aromatic heterocycles. The van der Waals surface area contributed by atoms with E-state index in [0.29, 0.717) is 43.8 Å². The van der Waals surface area contributed by atoms with E-state index < -0.39 is 5.82 Å². The fraction of sp³-hybridized carbons (Fsp3) is 0.0909. The number of aromatic amines is 1. The highest BCUT2D eigenvalue weighted by molar-refractivity contribution is 6.42. The second-order valence-corrected chi connectivity index (χ2v) is 8.04. The lowest BCUT2D eigenvalue weighted by Gasteiger charge is -2.21. The van der Waals surface area contributed by atoms with Crippen LogP contribution in [-0.4, -0.2) is 24.5 Å². The van der Waals surface area contributed by atoms with Gasteiger partial charge in [-0.25, -0.2) is 19.3 Å². The molecular weight excluding hydrogens is 454 g/mol. The molecule has 0 saturated carbocycles. The maximum Gasteiger partial charge on any atom is 0.263 e. The van der Waals surface area contributed by atoms with Crippen LogP contribution in [0.15, 0.2) is 59.9 Å². The number of fused-ring (bicyclic) bond motifs is 2. The molecule has 2 aromatic carbocycles. The van der Waals surface area contributed by atoms with Crippen LogP contribution in [0.1, 0.15) is 18.7 Å². The molecule has 0 aliphatic carbocycles. The summed E-state index contributed by atoms with van der Waals surface area (Å²) in [6, 6.07) is 10.5. The summed E-state index contributed by atoms with van der Waals surface area (Å²) in [5.41, 5.74) is 1.91. The Morgan fingerprint density at radius 3 is 2.72 bits per heavy atom. The zero-order valence-corrected chi connectivity index (χ0v) is 18.1. The number of hydrogen-bond acceptors (Lipinski definition) is 5. The van der Waals surface area contributed by atoms with E-state index in [0.717, 1.165) is 0 Å². The fourth-order valence-corrected chi connectivity index (χ4v) is 3.95. The van der Waals surface area contributed by atoms with Gasteiger partial charge < -0.3 is 10.3 Å². The predicted octanol–water partition coefficient (Wildman–Crippen LogP) is 5.28. The molecule has 2 N–H and O–H groups in total. The van der Waals surface area contributed by atoms with E-state index in [9.17, 15) is 9.18 Å². The van der Waals surface area contributed by atoms with Gasteiger partial charge in [0.25, 0.3) is 5.56 Å². The third-order valence-corrected chi connectivity index (χ3v) is 5.92. The monoisotopic (exact) mass is 468 g/mol. The molecule has 160 valence electrons. The molecule has 0 amide bonds. The van der Waals surface area contributed by atoms with E-state index in [2.05, 4.69) is 25.3 Å². The molecule has 5 rings (SSSR count). The summed E-state index contributed by atoms with van der Waals surface area (Å²) < 4.78 is 15.4. The first kappa shape index (κ1) is 20.4. The summed E-state index contributed by atoms with van der Waals surface area (Å²) in [7, 11) is 0. The van der Waals surface area contributed by atoms with Gasteiger partial charge in [0.2, 0.25) is 0 Å². The lowest BCUT2D eigenvalue weighted by molar-refractivity contribution is 0.629. The third-order valence-electron chi connectivity index (χ3n) is 5.19. The van der Waals surface area contributed by atoms with Gasteiger partial charge in [0, 0.05) is 5.69 Å². The topological polar surface area (TPSA) is 88.5 Å². The van der Waals surface area contributed by atoms with Crippen molar-refractivity contribution in [2.24, 2.45) is 0 Å². The smallest absolute Gasteiger partial charge is 0.263 e. The van der Waals surface area contributed by atoms with Crippen LogP contribution in [0.3, 0.4) is 0 Å². The summed E-state index contributed by atoms with van der Waals surface area (Å²) in [4.78, 5) is 29.1. The Morgan fingerprint density at radius 1 is 1.06 bits per heavy atom. The number of benzene rings is 2. The molecule has 7 nitrogen and oxygen atoms in total. The van der Waals surface area contributed by atoms with Crippen molar-refractivity contribution in [2.45, 2.75) is 13.0 Å². The van der Waals surface area contributed by atoms with Crippen LogP contribution in [0.5, 0.6) is 0 Å². The standard InChI is InChI=1S/C22H15Cl2FN6O/c1-11(30-21-19-20(27-9-26-19)28-10-29-21)18-6-12-2-3-13(25)7-15(12)22(32)31(18)14-4-5-16(23)17(24)8-14/h2-11H,1H3,(H2,26,27,28,29,30). The normalized spacial score (nSPS) is 12.4. The number of rotatable bonds is 4. The summed E-state index contributed by atoms with van der Waals surface area (Å²) >= 11 is 12.3. The van der Waals surface area contributed by atoms with Crippen LogP contribution in [0, 0.1) is 5.82 Å². The van der Waals surface area contributed by atoms with Crippen molar-refractivity contribution in [2.75, 3.05) is 5.32 Å². The minimum Gasteiger partial charge on any atom is -0.360 e. The molecule has 3 heterocycles. The maximum atomic E-state index is 13.9. The van der Waals surface area contributed by atoms with Gasteiger partial charge in [-0.2, -0.15) is 0 Å². The number of nitrogens with zero attached hydrogens (tertiary/aromatic N) is 4. The van der Waals surface area contributed by atoms with Crippen LogP contribution < -0.4 is 10.9 Å². The highest BCUT2D eigenvalue weighted by Crippen LogP contribution is 2.29. The van der Waals surface area contributed by atoms with Crippen molar-refractivity contribution in [1.82, 2.24) is 24.5 Å². The molecule has 1 unspecified atom stereocenters. The SMILES string of the molecule is CC(Nc1ncnc2[nH]cnc12)c1cc2ccc(F)cc2c(=O)n1-c1ccc(Cl)c(Cl)c1. The second kappa shape index (κ2) is 7.89. The number of halogens is 3. The number of hydrogen-bond donors (Lipinski definition) is 2. The molecule has 0 bridgehead atoms. The van der Waals surface area contributed by atoms with E-state index in [1.807, 2.05) is 13.0 Å². The number of imidazole rings is 1. The lowest BCUT2D eigenvalue weighted by atomic mass is 10.1. The average molecular weight is 469 g/mol. The van der Waals surface area contributed by atoms with Gasteiger partial charge in [-0.15, -0.1) is 0 Å². The number of H-pyrrole nitrogens is 1. The van der Waals surface area contributed by atoms with Crippen molar-refractivity contribution in [3.8, 4) is 5.69 Å². The molecular formula is C22H15Cl2FN6O. The van der Waals surface area contributed by atoms with E-state index in [1.165, 1.54) is 29.4 Å². The van der Waals surface area contributed by atoms with E-state index in [-0.39, 0.29) is 17.0 Å². The van der Waals surface area contributed by atoms with Crippen molar-refractivity contribution in [3.63, 3.8) is 0 Å².